The summed E-state index contributed by atoms with van der Waals surface area (Å²) < 4.78 is 30.4. The molecule has 0 radical (unpaired) electrons. The summed E-state index contributed by atoms with van der Waals surface area (Å²) in [6.45, 7) is 1.93. The fourth-order valence-electron chi connectivity index (χ4n) is 7.83. The first-order valence-electron chi connectivity index (χ1n) is 15.7. The molecule has 5 heteroatoms. The van der Waals surface area contributed by atoms with Crippen LogP contribution in [0, 0.1) is 6.92 Å². The molecule has 0 saturated heterocycles. The molecule has 0 saturated carbocycles. The van der Waals surface area contributed by atoms with Crippen LogP contribution < -0.4 is 0 Å². The van der Waals surface area contributed by atoms with E-state index in [-0.39, 0.29) is 0 Å². The van der Waals surface area contributed by atoms with E-state index in [9.17, 15) is 8.42 Å². The van der Waals surface area contributed by atoms with Crippen LogP contribution in [0.5, 0.6) is 0 Å². The molecule has 1 aliphatic rings. The Morgan fingerprint density at radius 2 is 1.09 bits per heavy atom. The van der Waals surface area contributed by atoms with E-state index in [0.29, 0.717) is 26.5 Å². The number of fused-ring (bicyclic) bond motifs is 7. The van der Waals surface area contributed by atoms with Gasteiger partial charge in [-0.1, -0.05) is 109 Å². The van der Waals surface area contributed by atoms with Crippen molar-refractivity contribution in [2.24, 2.45) is 0 Å². The number of sulfone groups is 1. The lowest BCUT2D eigenvalue weighted by Crippen LogP contribution is -2.15. The fourth-order valence-corrected chi connectivity index (χ4v) is 9.49. The minimum absolute atomic E-state index is 0.300. The average molecular weight is 623 g/mol. The molecule has 8 aromatic carbocycles. The van der Waals surface area contributed by atoms with Gasteiger partial charge in [-0.2, -0.15) is 0 Å². The van der Waals surface area contributed by atoms with E-state index in [1.54, 1.807) is 12.1 Å². The standard InChI is InChI=1S/C42H26N2O2S/c1-25-43-36-15-8-16-38-42(36)44(25)37-22-20-29(24-39(37)47(38,45)46)41-34-13-6-4-11-32(34)40(33-12-5-7-14-35(33)41)28-19-21-31-27(23-28)18-17-26-9-2-3-10-30(26)31/h2-24H,1H3. The monoisotopic (exact) mass is 622 g/mol. The van der Waals surface area contributed by atoms with Gasteiger partial charge in [0.25, 0.3) is 0 Å². The predicted molar refractivity (Wildman–Crippen MR) is 192 cm³/mol. The number of hydrogen-bond donors (Lipinski definition) is 0. The zero-order chi connectivity index (χ0) is 31.4. The number of para-hydroxylation sites is 1. The molecule has 0 bridgehead atoms. The zero-order valence-electron chi connectivity index (χ0n) is 25.4. The van der Waals surface area contributed by atoms with Crippen molar-refractivity contribution in [2.45, 2.75) is 16.7 Å². The highest BCUT2D eigenvalue weighted by molar-refractivity contribution is 7.92. The summed E-state index contributed by atoms with van der Waals surface area (Å²) in [5.74, 6) is 0.764. The molecule has 2 heterocycles. The van der Waals surface area contributed by atoms with Crippen molar-refractivity contribution in [1.29, 1.82) is 0 Å². The van der Waals surface area contributed by atoms with Gasteiger partial charge in [-0.15, -0.1) is 0 Å². The predicted octanol–water partition coefficient (Wildman–Crippen LogP) is 10.4. The maximum Gasteiger partial charge on any atom is 0.210 e. The van der Waals surface area contributed by atoms with Crippen molar-refractivity contribution in [3.05, 3.63) is 145 Å². The van der Waals surface area contributed by atoms with Crippen molar-refractivity contribution in [3.8, 4) is 27.9 Å². The van der Waals surface area contributed by atoms with Crippen LogP contribution in [0.2, 0.25) is 0 Å². The second kappa shape index (κ2) is 9.38. The van der Waals surface area contributed by atoms with Crippen molar-refractivity contribution >= 4 is 64.0 Å². The van der Waals surface area contributed by atoms with Crippen molar-refractivity contribution in [1.82, 2.24) is 9.55 Å². The van der Waals surface area contributed by atoms with Gasteiger partial charge in [0.15, 0.2) is 0 Å². The SMILES string of the molecule is Cc1nc2cccc3c2n1-c1ccc(-c2c4ccccc4c(-c4ccc5c(ccc6ccccc65)c4)c4ccccc24)cc1S3(=O)=O. The fraction of sp³-hybridized carbons (Fsp3) is 0.0238. The quantitative estimate of drug-likeness (QED) is 0.142. The molecule has 4 nitrogen and oxygen atoms in total. The summed E-state index contributed by atoms with van der Waals surface area (Å²) in [5.41, 5.74) is 6.19. The Labute approximate surface area is 271 Å². The highest BCUT2D eigenvalue weighted by Gasteiger charge is 2.33. The third-order valence-corrected chi connectivity index (χ3v) is 11.7. The van der Waals surface area contributed by atoms with Gasteiger partial charge in [0.05, 0.1) is 26.5 Å². The number of aryl methyl sites for hydroxylation is 1. The molecule has 0 N–H and O–H groups in total. The number of aromatic nitrogens is 2. The third-order valence-electron chi connectivity index (χ3n) is 9.84. The molecule has 222 valence electrons. The second-order valence-corrected chi connectivity index (χ2v) is 14.3. The number of hydrogen-bond acceptors (Lipinski definition) is 3. The Kier molecular flexibility index (Phi) is 5.28. The molecule has 0 aliphatic carbocycles. The highest BCUT2D eigenvalue weighted by Crippen LogP contribution is 2.46. The molecular formula is C42H26N2O2S. The first-order valence-corrected chi connectivity index (χ1v) is 17.2. The summed E-state index contributed by atoms with van der Waals surface area (Å²) in [4.78, 5) is 5.28. The van der Waals surface area contributed by atoms with Crippen LogP contribution in [0.15, 0.2) is 149 Å². The number of imidazole rings is 1. The smallest absolute Gasteiger partial charge is 0.210 e. The Hall–Kier alpha value is -5.78. The Morgan fingerprint density at radius 1 is 0.511 bits per heavy atom. The molecule has 1 aliphatic heterocycles. The Bertz CT molecular complexity index is 2880. The van der Waals surface area contributed by atoms with Gasteiger partial charge in [-0.3, -0.25) is 4.57 Å². The van der Waals surface area contributed by atoms with Crippen LogP contribution in [-0.2, 0) is 9.84 Å². The van der Waals surface area contributed by atoms with E-state index in [1.165, 1.54) is 27.1 Å². The molecule has 0 spiro atoms. The highest BCUT2D eigenvalue weighted by atomic mass is 32.2. The summed E-state index contributed by atoms with van der Waals surface area (Å²) >= 11 is 0. The topological polar surface area (TPSA) is 52.0 Å². The largest absolute Gasteiger partial charge is 0.294 e. The first kappa shape index (κ1) is 26.4. The second-order valence-electron chi connectivity index (χ2n) is 12.4. The van der Waals surface area contributed by atoms with Crippen LogP contribution in [0.1, 0.15) is 5.82 Å². The zero-order valence-corrected chi connectivity index (χ0v) is 26.2. The summed E-state index contributed by atoms with van der Waals surface area (Å²) in [5, 5.41) is 9.32. The third kappa shape index (κ3) is 3.57. The average Bonchev–Trinajstić information content (AvgIpc) is 3.45. The molecule has 0 unspecified atom stereocenters. The molecule has 9 aromatic rings. The van der Waals surface area contributed by atoms with E-state index in [1.807, 2.05) is 29.7 Å². The summed E-state index contributed by atoms with van der Waals surface area (Å²) in [6, 6.07) is 47.9. The molecule has 0 fully saturated rings. The van der Waals surface area contributed by atoms with E-state index < -0.39 is 9.84 Å². The maximum absolute atomic E-state index is 14.2. The molecule has 10 rings (SSSR count). The van der Waals surface area contributed by atoms with Gasteiger partial charge < -0.3 is 0 Å². The van der Waals surface area contributed by atoms with Crippen molar-refractivity contribution < 1.29 is 8.42 Å². The van der Waals surface area contributed by atoms with E-state index >= 15 is 0 Å². The minimum atomic E-state index is -3.78. The lowest BCUT2D eigenvalue weighted by molar-refractivity contribution is 0.594. The van der Waals surface area contributed by atoms with Crippen molar-refractivity contribution in [3.63, 3.8) is 0 Å². The number of benzene rings is 8. The normalized spacial score (nSPS) is 13.6. The lowest BCUT2D eigenvalue weighted by atomic mass is 9.85. The van der Waals surface area contributed by atoms with Crippen LogP contribution in [-0.4, -0.2) is 18.0 Å². The minimum Gasteiger partial charge on any atom is -0.294 e. The summed E-state index contributed by atoms with van der Waals surface area (Å²) in [7, 11) is -3.78. The van der Waals surface area contributed by atoms with Crippen LogP contribution in [0.25, 0.3) is 82.1 Å². The Balaban J connectivity index is 1.25. The number of rotatable bonds is 2. The van der Waals surface area contributed by atoms with E-state index in [2.05, 4.69) is 114 Å². The van der Waals surface area contributed by atoms with Gasteiger partial charge in [-0.25, -0.2) is 13.4 Å². The maximum atomic E-state index is 14.2. The molecule has 47 heavy (non-hydrogen) atoms. The van der Waals surface area contributed by atoms with Gasteiger partial charge in [-0.05, 0) is 103 Å². The Morgan fingerprint density at radius 3 is 1.79 bits per heavy atom. The molecule has 0 atom stereocenters. The molecule has 1 aromatic heterocycles. The van der Waals surface area contributed by atoms with Crippen molar-refractivity contribution in [2.75, 3.05) is 0 Å². The van der Waals surface area contributed by atoms with Gasteiger partial charge in [0.2, 0.25) is 9.84 Å². The van der Waals surface area contributed by atoms with Gasteiger partial charge >= 0.3 is 0 Å². The van der Waals surface area contributed by atoms with Crippen LogP contribution in [0.3, 0.4) is 0 Å². The first-order chi connectivity index (χ1) is 23.0. The van der Waals surface area contributed by atoms with Gasteiger partial charge in [0, 0.05) is 0 Å². The molecular weight excluding hydrogens is 597 g/mol. The van der Waals surface area contributed by atoms with E-state index in [4.69, 9.17) is 0 Å². The summed E-state index contributed by atoms with van der Waals surface area (Å²) in [6.07, 6.45) is 0. The van der Waals surface area contributed by atoms with E-state index in [0.717, 1.165) is 44.1 Å². The lowest BCUT2D eigenvalue weighted by Gasteiger charge is -2.22. The number of nitrogens with zero attached hydrogens (tertiary/aromatic N) is 2. The van der Waals surface area contributed by atoms with Gasteiger partial charge in [0.1, 0.15) is 5.82 Å². The van der Waals surface area contributed by atoms with Crippen LogP contribution >= 0.6 is 0 Å². The van der Waals surface area contributed by atoms with Crippen LogP contribution in [0.4, 0.5) is 0 Å². The molecule has 0 amide bonds.